The molecule has 0 aliphatic rings. The molecule has 0 bridgehead atoms. The molecule has 0 saturated heterocycles. The smallest absolute Gasteiger partial charge is 0.185 e. The fourth-order valence-electron chi connectivity index (χ4n) is 4.11. The van der Waals surface area contributed by atoms with Crippen molar-refractivity contribution >= 4 is 27.3 Å². The van der Waals surface area contributed by atoms with Gasteiger partial charge in [-0.3, -0.25) is 4.79 Å². The van der Waals surface area contributed by atoms with Gasteiger partial charge in [-0.1, -0.05) is 103 Å². The maximum absolute atomic E-state index is 12.8. The van der Waals surface area contributed by atoms with Crippen molar-refractivity contribution in [3.05, 3.63) is 144 Å². The van der Waals surface area contributed by atoms with E-state index in [4.69, 9.17) is 0 Å². The molecule has 5 aromatic rings. The predicted molar refractivity (Wildman–Crippen MR) is 131 cm³/mol. The van der Waals surface area contributed by atoms with Gasteiger partial charge in [0.15, 0.2) is 5.78 Å². The zero-order valence-electron chi connectivity index (χ0n) is 17.5. The summed E-state index contributed by atoms with van der Waals surface area (Å²) in [7, 11) is 0. The zero-order chi connectivity index (χ0) is 22.0. The number of rotatable bonds is 5. The van der Waals surface area contributed by atoms with Crippen molar-refractivity contribution in [3.63, 3.8) is 0 Å². The summed E-state index contributed by atoms with van der Waals surface area (Å²) in [5.41, 5.74) is 0.550. The van der Waals surface area contributed by atoms with Gasteiger partial charge in [0.2, 0.25) is 0 Å². The number of allylic oxidation sites excluding steroid dienone is 1. The van der Waals surface area contributed by atoms with Gasteiger partial charge in [0.05, 0.1) is 0 Å². The second-order valence-electron chi connectivity index (χ2n) is 7.95. The topological polar surface area (TPSA) is 37.3 Å². The second kappa shape index (κ2) is 8.26. The number of fused-ring (bicyclic) bond motifs is 2. The van der Waals surface area contributed by atoms with Crippen LogP contribution >= 0.6 is 0 Å². The zero-order valence-corrected chi connectivity index (χ0v) is 17.5. The van der Waals surface area contributed by atoms with Gasteiger partial charge in [-0.2, -0.15) is 0 Å². The van der Waals surface area contributed by atoms with E-state index in [1.165, 1.54) is 6.08 Å². The summed E-state index contributed by atoms with van der Waals surface area (Å²) in [6, 6.07) is 37.0. The fraction of sp³-hybridized carbons (Fsp3) is 0.0333. The standard InChI is InChI=1S/C30H22O2/c31-29(24-10-2-1-3-11-24)18-19-30(32,27-16-14-22-8-4-6-12-25(22)20-27)28-17-15-23-9-5-7-13-26(23)21-28/h1-21,32H/b19-18+. The summed E-state index contributed by atoms with van der Waals surface area (Å²) in [6.07, 6.45) is 3.08. The molecule has 1 N–H and O–H groups in total. The maximum Gasteiger partial charge on any atom is 0.185 e. The molecule has 0 fully saturated rings. The molecule has 0 atom stereocenters. The van der Waals surface area contributed by atoms with E-state index in [1.807, 2.05) is 103 Å². The van der Waals surface area contributed by atoms with Crippen LogP contribution in [0.15, 0.2) is 127 Å². The third kappa shape index (κ3) is 3.73. The molecule has 0 heterocycles. The van der Waals surface area contributed by atoms with Crippen molar-refractivity contribution in [2.75, 3.05) is 0 Å². The first-order chi connectivity index (χ1) is 15.6. The van der Waals surface area contributed by atoms with Crippen LogP contribution in [0.1, 0.15) is 21.5 Å². The van der Waals surface area contributed by atoms with Gasteiger partial charge in [-0.05, 0) is 57.0 Å². The van der Waals surface area contributed by atoms with Crippen molar-refractivity contribution in [2.45, 2.75) is 5.60 Å². The van der Waals surface area contributed by atoms with E-state index >= 15 is 0 Å². The molecule has 0 unspecified atom stereocenters. The molecule has 0 radical (unpaired) electrons. The van der Waals surface area contributed by atoms with Gasteiger partial charge in [-0.25, -0.2) is 0 Å². The highest BCUT2D eigenvalue weighted by molar-refractivity contribution is 6.04. The highest BCUT2D eigenvalue weighted by atomic mass is 16.3. The van der Waals surface area contributed by atoms with Crippen molar-refractivity contribution in [1.82, 2.24) is 0 Å². The molecule has 5 rings (SSSR count). The third-order valence-electron chi connectivity index (χ3n) is 5.91. The number of carbonyl (C=O) groups excluding carboxylic acids is 1. The van der Waals surface area contributed by atoms with E-state index in [1.54, 1.807) is 18.2 Å². The number of benzene rings is 5. The summed E-state index contributed by atoms with van der Waals surface area (Å²) in [5.74, 6) is -0.148. The van der Waals surface area contributed by atoms with Gasteiger partial charge >= 0.3 is 0 Å². The predicted octanol–water partition coefficient (Wildman–Crippen LogP) is 6.67. The molecule has 5 aromatic carbocycles. The average Bonchev–Trinajstić information content (AvgIpc) is 2.87. The van der Waals surface area contributed by atoms with Gasteiger partial charge in [0.1, 0.15) is 5.60 Å². The van der Waals surface area contributed by atoms with E-state index in [0.29, 0.717) is 16.7 Å². The molecule has 32 heavy (non-hydrogen) atoms. The summed E-state index contributed by atoms with van der Waals surface area (Å²) in [6.45, 7) is 0. The van der Waals surface area contributed by atoms with Crippen LogP contribution in [-0.4, -0.2) is 10.9 Å². The molecular weight excluding hydrogens is 392 g/mol. The molecule has 0 aliphatic heterocycles. The van der Waals surface area contributed by atoms with Gasteiger partial charge in [0, 0.05) is 5.56 Å². The number of aliphatic hydroxyl groups is 1. The Labute approximate surface area is 187 Å². The van der Waals surface area contributed by atoms with E-state index < -0.39 is 5.60 Å². The minimum absolute atomic E-state index is 0.148. The third-order valence-corrected chi connectivity index (χ3v) is 5.91. The minimum Gasteiger partial charge on any atom is -0.377 e. The Kier molecular flexibility index (Phi) is 5.14. The molecule has 154 valence electrons. The number of carbonyl (C=O) groups is 1. The monoisotopic (exact) mass is 414 g/mol. The van der Waals surface area contributed by atoms with E-state index in [9.17, 15) is 9.90 Å². The van der Waals surface area contributed by atoms with Gasteiger partial charge in [0.25, 0.3) is 0 Å². The largest absolute Gasteiger partial charge is 0.377 e. The van der Waals surface area contributed by atoms with Gasteiger partial charge < -0.3 is 5.11 Å². The van der Waals surface area contributed by atoms with Crippen molar-refractivity contribution in [2.24, 2.45) is 0 Å². The molecule has 0 saturated carbocycles. The Hall–Kier alpha value is -4.01. The number of hydrogen-bond donors (Lipinski definition) is 1. The lowest BCUT2D eigenvalue weighted by molar-refractivity contribution is 0.103. The summed E-state index contributed by atoms with van der Waals surface area (Å²) in [4.78, 5) is 12.8. The summed E-state index contributed by atoms with van der Waals surface area (Å²) >= 11 is 0. The van der Waals surface area contributed by atoms with Gasteiger partial charge in [-0.15, -0.1) is 0 Å². The van der Waals surface area contributed by atoms with Crippen LogP contribution in [-0.2, 0) is 5.60 Å². The Morgan fingerprint density at radius 3 is 1.59 bits per heavy atom. The van der Waals surface area contributed by atoms with Crippen molar-refractivity contribution in [3.8, 4) is 0 Å². The Balaban J connectivity index is 1.66. The molecular formula is C30H22O2. The normalized spacial score (nSPS) is 11.9. The van der Waals surface area contributed by atoms with E-state index in [-0.39, 0.29) is 5.78 Å². The molecule has 2 nitrogen and oxygen atoms in total. The second-order valence-corrected chi connectivity index (χ2v) is 7.95. The molecule has 0 spiro atoms. The highest BCUT2D eigenvalue weighted by Gasteiger charge is 2.29. The lowest BCUT2D eigenvalue weighted by atomic mass is 9.83. The first kappa shape index (κ1) is 19.9. The van der Waals surface area contributed by atoms with Crippen LogP contribution < -0.4 is 0 Å². The lowest BCUT2D eigenvalue weighted by Gasteiger charge is -2.27. The average molecular weight is 415 g/mol. The highest BCUT2D eigenvalue weighted by Crippen LogP contribution is 2.35. The maximum atomic E-state index is 12.8. The SMILES string of the molecule is O=C(/C=C/C(O)(c1ccc2ccccc2c1)c1ccc2ccccc2c1)c1ccccc1. The van der Waals surface area contributed by atoms with Crippen LogP contribution in [0.2, 0.25) is 0 Å². The quantitative estimate of drug-likeness (QED) is 0.258. The minimum atomic E-state index is -1.46. The van der Waals surface area contributed by atoms with Crippen LogP contribution in [0.4, 0.5) is 0 Å². The van der Waals surface area contributed by atoms with Crippen LogP contribution in [0.3, 0.4) is 0 Å². The fourth-order valence-corrected chi connectivity index (χ4v) is 4.11. The Morgan fingerprint density at radius 1 is 0.594 bits per heavy atom. The van der Waals surface area contributed by atoms with E-state index in [0.717, 1.165) is 21.5 Å². The molecule has 2 heteroatoms. The first-order valence-corrected chi connectivity index (χ1v) is 10.6. The molecule has 0 aromatic heterocycles. The first-order valence-electron chi connectivity index (χ1n) is 10.6. The Bertz CT molecular complexity index is 1370. The van der Waals surface area contributed by atoms with Crippen molar-refractivity contribution in [1.29, 1.82) is 0 Å². The van der Waals surface area contributed by atoms with Crippen LogP contribution in [0.5, 0.6) is 0 Å². The molecule has 0 aliphatic carbocycles. The lowest BCUT2D eigenvalue weighted by Crippen LogP contribution is -2.25. The van der Waals surface area contributed by atoms with Crippen LogP contribution in [0.25, 0.3) is 21.5 Å². The van der Waals surface area contributed by atoms with Crippen molar-refractivity contribution < 1.29 is 9.90 Å². The number of hydrogen-bond acceptors (Lipinski definition) is 2. The van der Waals surface area contributed by atoms with Crippen LogP contribution in [0, 0.1) is 0 Å². The Morgan fingerprint density at radius 2 is 1.06 bits per heavy atom. The molecule has 0 amide bonds. The summed E-state index contributed by atoms with van der Waals surface area (Å²) in [5, 5.41) is 16.3. The number of ketones is 1. The van der Waals surface area contributed by atoms with E-state index in [2.05, 4.69) is 0 Å². The summed E-state index contributed by atoms with van der Waals surface area (Å²) < 4.78 is 0.